The Labute approximate surface area is 151 Å². The van der Waals surface area contributed by atoms with E-state index in [4.69, 9.17) is 4.74 Å². The summed E-state index contributed by atoms with van der Waals surface area (Å²) >= 11 is 0. The third-order valence-corrected chi connectivity index (χ3v) is 8.14. The van der Waals surface area contributed by atoms with Gasteiger partial charge in [-0.05, 0) is 12.1 Å². The molecule has 0 amide bonds. The van der Waals surface area contributed by atoms with Crippen LogP contribution in [0.5, 0.6) is 5.75 Å². The summed E-state index contributed by atoms with van der Waals surface area (Å²) in [6, 6.07) is 20.8. The minimum atomic E-state index is -5.12. The van der Waals surface area contributed by atoms with Crippen LogP contribution in [0.25, 0.3) is 0 Å². The highest BCUT2D eigenvalue weighted by molar-refractivity contribution is 7.90. The summed E-state index contributed by atoms with van der Waals surface area (Å²) in [6.45, 7) is 0. The largest absolute Gasteiger partial charge is 0.497 e. The first-order valence-corrected chi connectivity index (χ1v) is 10.8. The van der Waals surface area contributed by atoms with Gasteiger partial charge in [0, 0.05) is 22.0 Å². The molecule has 0 bridgehead atoms. The molecular formula is C19H16FO4PS. The lowest BCUT2D eigenvalue weighted by Crippen LogP contribution is -2.28. The molecule has 0 spiro atoms. The summed E-state index contributed by atoms with van der Waals surface area (Å²) in [6.07, 6.45) is 0. The molecule has 0 saturated heterocycles. The maximum Gasteiger partial charge on any atom is 0.332 e. The molecule has 0 unspecified atom stereocenters. The number of benzene rings is 3. The van der Waals surface area contributed by atoms with Crippen molar-refractivity contribution in [1.29, 1.82) is 0 Å². The van der Waals surface area contributed by atoms with Crippen molar-refractivity contribution >= 4 is 33.3 Å². The Hall–Kier alpha value is -2.43. The molecule has 3 aromatic rings. The highest BCUT2D eigenvalue weighted by Gasteiger charge is 2.35. The van der Waals surface area contributed by atoms with E-state index < -0.39 is 22.3 Å². The Morgan fingerprint density at radius 2 is 1.35 bits per heavy atom. The molecule has 3 aromatic carbocycles. The molecule has 26 heavy (non-hydrogen) atoms. The Balaban J connectivity index is 2.41. The number of hydrogen-bond donors (Lipinski definition) is 0. The van der Waals surface area contributed by atoms with E-state index in [0.717, 1.165) is 6.07 Å². The van der Waals surface area contributed by atoms with E-state index in [9.17, 15) is 16.9 Å². The van der Waals surface area contributed by atoms with Crippen molar-refractivity contribution in [3.63, 3.8) is 0 Å². The van der Waals surface area contributed by atoms with E-state index in [0.29, 0.717) is 10.6 Å². The average Bonchev–Trinajstić information content (AvgIpc) is 2.67. The zero-order valence-electron chi connectivity index (χ0n) is 13.9. The molecule has 0 saturated carbocycles. The smallest absolute Gasteiger partial charge is 0.332 e. The van der Waals surface area contributed by atoms with Crippen LogP contribution < -0.4 is 20.7 Å². The first-order chi connectivity index (χ1) is 12.4. The van der Waals surface area contributed by atoms with Gasteiger partial charge in [0.15, 0.2) is 7.14 Å². The lowest BCUT2D eigenvalue weighted by Gasteiger charge is -2.22. The minimum Gasteiger partial charge on any atom is -0.497 e. The third-order valence-electron chi connectivity index (χ3n) is 4.01. The van der Waals surface area contributed by atoms with Gasteiger partial charge in [-0.1, -0.05) is 60.7 Å². The third kappa shape index (κ3) is 3.30. The van der Waals surface area contributed by atoms with E-state index in [1.165, 1.54) is 19.2 Å². The average molecular weight is 390 g/mol. The number of hydrogen-bond acceptors (Lipinski definition) is 4. The zero-order valence-corrected chi connectivity index (χ0v) is 15.6. The molecule has 0 aliphatic rings. The molecule has 0 aliphatic carbocycles. The van der Waals surface area contributed by atoms with Crippen LogP contribution >= 0.6 is 7.14 Å². The Morgan fingerprint density at radius 1 is 0.846 bits per heavy atom. The quantitative estimate of drug-likeness (QED) is 0.496. The van der Waals surface area contributed by atoms with Crippen molar-refractivity contribution in [1.82, 2.24) is 0 Å². The predicted molar refractivity (Wildman–Crippen MR) is 101 cm³/mol. The summed E-state index contributed by atoms with van der Waals surface area (Å²) in [5, 5.41) is 0.751. The number of halogens is 1. The van der Waals surface area contributed by atoms with Gasteiger partial charge in [0.1, 0.15) is 10.6 Å². The van der Waals surface area contributed by atoms with Crippen LogP contribution in [0, 0.1) is 0 Å². The molecule has 4 nitrogen and oxygen atoms in total. The second kappa shape index (κ2) is 7.06. The molecule has 0 heterocycles. The van der Waals surface area contributed by atoms with Gasteiger partial charge in [-0.15, -0.1) is 3.89 Å². The van der Waals surface area contributed by atoms with Gasteiger partial charge < -0.3 is 9.30 Å². The van der Waals surface area contributed by atoms with Gasteiger partial charge in [-0.2, -0.15) is 8.42 Å². The summed E-state index contributed by atoms with van der Waals surface area (Å²) in [4.78, 5) is -0.645. The number of methoxy groups -OCH3 is 1. The molecule has 0 atom stereocenters. The van der Waals surface area contributed by atoms with Gasteiger partial charge >= 0.3 is 10.2 Å². The van der Waals surface area contributed by atoms with Crippen molar-refractivity contribution < 1.29 is 21.6 Å². The fraction of sp³-hybridized carbons (Fsp3) is 0.0526. The van der Waals surface area contributed by atoms with Crippen molar-refractivity contribution in [2.75, 3.05) is 7.11 Å². The monoisotopic (exact) mass is 390 g/mol. The second-order valence-corrected chi connectivity index (χ2v) is 9.60. The van der Waals surface area contributed by atoms with Crippen LogP contribution in [-0.4, -0.2) is 15.5 Å². The summed E-state index contributed by atoms with van der Waals surface area (Å²) in [5.74, 6) is 0.164. The van der Waals surface area contributed by atoms with Crippen molar-refractivity contribution in [3.8, 4) is 5.75 Å². The summed E-state index contributed by atoms with van der Waals surface area (Å²) < 4.78 is 56.9. The van der Waals surface area contributed by atoms with E-state index in [1.54, 1.807) is 60.7 Å². The maximum absolute atomic E-state index is 14.2. The van der Waals surface area contributed by atoms with E-state index in [-0.39, 0.29) is 11.1 Å². The molecule has 7 heteroatoms. The van der Waals surface area contributed by atoms with Crippen LogP contribution in [0.4, 0.5) is 3.89 Å². The van der Waals surface area contributed by atoms with Crippen LogP contribution in [0.2, 0.25) is 0 Å². The van der Waals surface area contributed by atoms with Crippen molar-refractivity contribution in [2.45, 2.75) is 4.90 Å². The van der Waals surface area contributed by atoms with Gasteiger partial charge in [-0.3, -0.25) is 0 Å². The van der Waals surface area contributed by atoms with E-state index in [2.05, 4.69) is 0 Å². The van der Waals surface area contributed by atoms with E-state index >= 15 is 0 Å². The van der Waals surface area contributed by atoms with Gasteiger partial charge in [0.05, 0.1) is 7.11 Å². The molecule has 134 valence electrons. The standard InChI is InChI=1S/C19H16FO4PS/c1-24-15-12-13-18(19(14-15)26(20,22)23)25(21,16-8-4-2-5-9-16)17-10-6-3-7-11-17/h2-14H,1H3. The molecule has 0 N–H and O–H groups in total. The van der Waals surface area contributed by atoms with Crippen molar-refractivity contribution in [3.05, 3.63) is 78.9 Å². The van der Waals surface area contributed by atoms with Gasteiger partial charge in [0.25, 0.3) is 0 Å². The lowest BCUT2D eigenvalue weighted by molar-refractivity contribution is 0.413. The summed E-state index contributed by atoms with van der Waals surface area (Å²) in [5.41, 5.74) is 0. The van der Waals surface area contributed by atoms with Crippen LogP contribution in [0.1, 0.15) is 0 Å². The lowest BCUT2D eigenvalue weighted by atomic mass is 10.3. The molecule has 0 fully saturated rings. The normalized spacial score (nSPS) is 11.9. The SMILES string of the molecule is COc1ccc(P(=O)(c2ccccc2)c2ccccc2)c(S(=O)(=O)F)c1. The Kier molecular flexibility index (Phi) is 4.99. The Bertz CT molecular complexity index is 1020. The van der Waals surface area contributed by atoms with Crippen LogP contribution in [-0.2, 0) is 14.8 Å². The Morgan fingerprint density at radius 3 is 1.77 bits per heavy atom. The maximum atomic E-state index is 14.2. The molecule has 0 aliphatic heterocycles. The summed E-state index contributed by atoms with van der Waals surface area (Å²) in [7, 11) is -7.39. The highest BCUT2D eigenvalue weighted by atomic mass is 32.3. The zero-order chi connectivity index (χ0) is 18.8. The number of ether oxygens (including phenoxy) is 1. The fourth-order valence-electron chi connectivity index (χ4n) is 2.78. The molecule has 0 radical (unpaired) electrons. The van der Waals surface area contributed by atoms with Crippen LogP contribution in [0.3, 0.4) is 0 Å². The molecule has 0 aromatic heterocycles. The van der Waals surface area contributed by atoms with Crippen molar-refractivity contribution in [2.24, 2.45) is 0 Å². The second-order valence-electron chi connectivity index (χ2n) is 5.55. The number of rotatable bonds is 5. The highest BCUT2D eigenvalue weighted by Crippen LogP contribution is 2.44. The topological polar surface area (TPSA) is 60.4 Å². The molecular weight excluding hydrogens is 374 g/mol. The van der Waals surface area contributed by atoms with E-state index in [1.807, 2.05) is 0 Å². The fourth-order valence-corrected chi connectivity index (χ4v) is 6.77. The first kappa shape index (κ1) is 18.4. The van der Waals surface area contributed by atoms with Gasteiger partial charge in [0.2, 0.25) is 0 Å². The minimum absolute atomic E-state index is 0.0850. The first-order valence-electron chi connectivity index (χ1n) is 7.72. The molecule has 3 rings (SSSR count). The predicted octanol–water partition coefficient (Wildman–Crippen LogP) is 2.99. The van der Waals surface area contributed by atoms with Gasteiger partial charge in [-0.25, -0.2) is 0 Å². The van der Waals surface area contributed by atoms with Crippen LogP contribution in [0.15, 0.2) is 83.8 Å².